The molecule has 0 saturated carbocycles. The number of carbonyl (C=O) groups is 9. The van der Waals surface area contributed by atoms with Crippen molar-refractivity contribution in [1.82, 2.24) is 42.1 Å². The van der Waals surface area contributed by atoms with E-state index >= 15 is 0 Å². The first kappa shape index (κ1) is 58.0. The summed E-state index contributed by atoms with van der Waals surface area (Å²) >= 11 is 1.22. The lowest BCUT2D eigenvalue weighted by Gasteiger charge is -2.39. The van der Waals surface area contributed by atoms with E-state index in [1.165, 1.54) is 67.2 Å². The quantitative estimate of drug-likeness (QED) is 0.0317. The summed E-state index contributed by atoms with van der Waals surface area (Å²) in [5, 5.41) is 49.2. The molecule has 2 unspecified atom stereocenters. The first-order valence-electron chi connectivity index (χ1n) is 24.7. The molecular weight excluding hydrogens is 1020 g/mol. The predicted octanol–water partition coefficient (Wildman–Crippen LogP) is -0.203. The van der Waals surface area contributed by atoms with Crippen molar-refractivity contribution >= 4 is 82.0 Å². The number of nitrogens with two attached hydrogens (primary N) is 2. The zero-order chi connectivity index (χ0) is 56.3. The number of fused-ring (bicyclic) bond motifs is 3. The number of aliphatic carboxylic acids is 1. The van der Waals surface area contributed by atoms with Gasteiger partial charge in [-0.25, -0.2) is 4.79 Å². The molecule has 412 valence electrons. The highest BCUT2D eigenvalue weighted by Crippen LogP contribution is 2.42. The number of nitrogens with one attached hydrogen (secondary N) is 7. The number of amides is 7. The second-order valence-corrected chi connectivity index (χ2v) is 20.7. The first-order valence-corrected chi connectivity index (χ1v) is 25.8. The molecule has 7 amide bonds. The first-order chi connectivity index (χ1) is 36.4. The van der Waals surface area contributed by atoms with Crippen LogP contribution in [-0.2, 0) is 33.6 Å². The third-order valence-electron chi connectivity index (χ3n) is 12.5. The van der Waals surface area contributed by atoms with Gasteiger partial charge in [-0.2, -0.15) is 11.8 Å². The molecule has 0 radical (unpaired) electrons. The van der Waals surface area contributed by atoms with Gasteiger partial charge in [0, 0.05) is 64.3 Å². The molecule has 0 aromatic heterocycles. The van der Waals surface area contributed by atoms with Crippen molar-refractivity contribution in [2.45, 2.75) is 102 Å². The van der Waals surface area contributed by atoms with E-state index in [0.717, 1.165) is 0 Å². The zero-order valence-electron chi connectivity index (χ0n) is 42.7. The number of hydrogen-bond donors (Lipinski definition) is 12. The number of guanidine groups is 1. The predicted molar refractivity (Wildman–Crippen MR) is 283 cm³/mol. The molecule has 2 aromatic rings. The van der Waals surface area contributed by atoms with Crippen LogP contribution in [-0.4, -0.2) is 159 Å². The Hall–Kier alpha value is -8.26. The van der Waals surface area contributed by atoms with Crippen LogP contribution < -0.4 is 54.1 Å². The average Bonchev–Trinajstić information content (AvgIpc) is 3.83. The maximum absolute atomic E-state index is 14.6. The smallest absolute Gasteiger partial charge is 0.336 e. The van der Waals surface area contributed by atoms with Crippen molar-refractivity contribution < 1.29 is 62.9 Å². The molecule has 1 aliphatic carbocycles. The number of benzene rings is 3. The summed E-state index contributed by atoms with van der Waals surface area (Å²) in [4.78, 5) is 139. The van der Waals surface area contributed by atoms with Gasteiger partial charge < -0.3 is 68.4 Å². The SMILES string of the molecule is C[C@@H]1NC(=O)CNC(=O)[C@H](CC(=O)O)NC(=O)[C@H](CCCN=C(N)N)NC(=O)[C@@H]2CCCN2C(C(=O)NC(C)(C)C)C(CSCCNC(=O)c2ccc(-c3c4ccc(=O)cc-4oc4cc(O)ccc34)c(C(=O)O)c2)NC1=O. The van der Waals surface area contributed by atoms with Gasteiger partial charge in [0.25, 0.3) is 5.91 Å². The Labute approximate surface area is 445 Å². The Morgan fingerprint density at radius 1 is 0.870 bits per heavy atom. The summed E-state index contributed by atoms with van der Waals surface area (Å²) in [5.41, 5.74) is 10.8. The maximum atomic E-state index is 14.6. The van der Waals surface area contributed by atoms with Crippen LogP contribution in [0.15, 0.2) is 68.8 Å². The molecule has 4 aliphatic rings. The molecular formula is C51H63N11O14S. The van der Waals surface area contributed by atoms with Gasteiger partial charge in [-0.1, -0.05) is 6.07 Å². The number of carboxylic acids is 2. The number of rotatable bonds is 15. The molecule has 3 heterocycles. The van der Waals surface area contributed by atoms with Gasteiger partial charge in [0.05, 0.1) is 30.6 Å². The van der Waals surface area contributed by atoms with Gasteiger partial charge in [0.15, 0.2) is 11.4 Å². The number of phenols is 1. The molecule has 26 heteroatoms. The van der Waals surface area contributed by atoms with E-state index in [1.807, 2.05) is 0 Å². The molecule has 77 heavy (non-hydrogen) atoms. The summed E-state index contributed by atoms with van der Waals surface area (Å²) in [6, 6.07) is 4.78. The lowest BCUT2D eigenvalue weighted by Crippen LogP contribution is -2.66. The van der Waals surface area contributed by atoms with Crippen LogP contribution in [0.5, 0.6) is 5.75 Å². The molecule has 0 spiro atoms. The third kappa shape index (κ3) is 15.4. The largest absolute Gasteiger partial charge is 0.508 e. The van der Waals surface area contributed by atoms with E-state index in [1.54, 1.807) is 31.7 Å². The number of hydrogen-bond acceptors (Lipinski definition) is 15. The molecule has 2 saturated heterocycles. The summed E-state index contributed by atoms with van der Waals surface area (Å²) in [5.74, 6) is -8.23. The highest BCUT2D eigenvalue weighted by molar-refractivity contribution is 7.99. The minimum atomic E-state index is -1.68. The fraction of sp³-hybridized carbons (Fsp3) is 0.431. The van der Waals surface area contributed by atoms with Crippen LogP contribution in [0, 0.1) is 0 Å². The van der Waals surface area contributed by atoms with Crippen molar-refractivity contribution in [1.29, 1.82) is 0 Å². The Kier molecular flexibility index (Phi) is 19.2. The number of aromatic hydroxyl groups is 1. The van der Waals surface area contributed by atoms with Gasteiger partial charge >= 0.3 is 11.9 Å². The normalized spacial score (nSPS) is 21.0. The minimum absolute atomic E-state index is 0.000929. The van der Waals surface area contributed by atoms with Crippen molar-refractivity contribution in [3.05, 3.63) is 75.9 Å². The fourth-order valence-corrected chi connectivity index (χ4v) is 9.99. The maximum Gasteiger partial charge on any atom is 0.336 e. The van der Waals surface area contributed by atoms with Crippen LogP contribution >= 0.6 is 11.8 Å². The zero-order valence-corrected chi connectivity index (χ0v) is 43.5. The number of aromatic carboxylic acids is 1. The van der Waals surface area contributed by atoms with Crippen molar-refractivity contribution in [3.63, 3.8) is 0 Å². The summed E-state index contributed by atoms with van der Waals surface area (Å²) < 4.78 is 5.91. The highest BCUT2D eigenvalue weighted by Gasteiger charge is 2.45. The number of carboxylic acid groups (broad SMARTS) is 2. The lowest BCUT2D eigenvalue weighted by atomic mass is 9.90. The Bertz CT molecular complexity index is 2990. The number of carbonyl (C=O) groups excluding carboxylic acids is 7. The van der Waals surface area contributed by atoms with Crippen LogP contribution in [0.4, 0.5) is 0 Å². The number of nitrogens with zero attached hydrogens (tertiary/aromatic N) is 2. The van der Waals surface area contributed by atoms with Crippen LogP contribution in [0.2, 0.25) is 0 Å². The van der Waals surface area contributed by atoms with Crippen molar-refractivity contribution in [2.24, 2.45) is 16.5 Å². The van der Waals surface area contributed by atoms with Crippen molar-refractivity contribution in [3.8, 4) is 28.2 Å². The van der Waals surface area contributed by atoms with E-state index in [0.29, 0.717) is 22.9 Å². The molecule has 6 atom stereocenters. The highest BCUT2D eigenvalue weighted by atomic mass is 32.2. The third-order valence-corrected chi connectivity index (χ3v) is 13.6. The number of aliphatic imine (C=N–C) groups is 1. The Morgan fingerprint density at radius 2 is 1.60 bits per heavy atom. The van der Waals surface area contributed by atoms with Crippen molar-refractivity contribution in [2.75, 3.05) is 37.7 Å². The molecule has 2 aromatic carbocycles. The van der Waals surface area contributed by atoms with E-state index < -0.39 is 108 Å². The fourth-order valence-electron chi connectivity index (χ4n) is 9.06. The van der Waals surface area contributed by atoms with E-state index in [-0.39, 0.29) is 95.6 Å². The topological polar surface area (TPSA) is 396 Å². The lowest BCUT2D eigenvalue weighted by molar-refractivity contribution is -0.142. The Morgan fingerprint density at radius 3 is 2.30 bits per heavy atom. The monoisotopic (exact) mass is 1090 g/mol. The van der Waals surface area contributed by atoms with E-state index in [9.17, 15) is 63.3 Å². The van der Waals surface area contributed by atoms with Crippen LogP contribution in [0.25, 0.3) is 33.4 Å². The summed E-state index contributed by atoms with van der Waals surface area (Å²) in [7, 11) is 0. The second kappa shape index (κ2) is 25.5. The molecule has 25 nitrogen and oxygen atoms in total. The molecule has 2 fully saturated rings. The van der Waals surface area contributed by atoms with Gasteiger partial charge in [0.1, 0.15) is 41.3 Å². The number of thioether (sulfide) groups is 1. The molecule has 0 bridgehead atoms. The van der Waals surface area contributed by atoms with E-state index in [4.69, 9.17) is 15.9 Å². The van der Waals surface area contributed by atoms with Crippen LogP contribution in [0.3, 0.4) is 0 Å². The summed E-state index contributed by atoms with van der Waals surface area (Å²) in [6.45, 7) is 6.10. The van der Waals surface area contributed by atoms with E-state index in [2.05, 4.69) is 42.2 Å². The van der Waals surface area contributed by atoms with Gasteiger partial charge in [-0.3, -0.25) is 53.0 Å². The molecule has 3 aliphatic heterocycles. The van der Waals surface area contributed by atoms with Gasteiger partial charge in [-0.05, 0) is 102 Å². The average molecular weight is 1090 g/mol. The van der Waals surface area contributed by atoms with Gasteiger partial charge in [0.2, 0.25) is 35.4 Å². The standard InChI is InChI=1S/C51H63N11O14S/c1-25-43(68)60-35(24-77-18-16-54-44(69)26-9-12-29(32(19-26)49(74)75)41-30-13-10-27(63)20-37(30)76-38-21-28(64)11-14-31(38)41)42(48(73)61-51(2,3)4)62-17-6-8-36(62)47(72)58-33(7-5-15-55-50(52)53)46(71)59-34(22-40(66)67)45(70)56-23-39(65)57-25/h9-14,19-21,25,33-36,42,63H,5-8,15-18,22-24H2,1-4H3,(H,54,69)(H,56,70)(H,57,65)(H,58,72)(H,59,71)(H,60,68)(H,61,73)(H,66,67)(H,74,75)(H4,52,53,55)/t25-,33-,34-,35?,36-,42?/m0/s1. The van der Waals surface area contributed by atoms with Gasteiger partial charge in [-0.15, -0.1) is 0 Å². The second-order valence-electron chi connectivity index (χ2n) is 19.6. The summed E-state index contributed by atoms with van der Waals surface area (Å²) in [6.07, 6.45) is -0.208. The van der Waals surface area contributed by atoms with Crippen LogP contribution in [0.1, 0.15) is 80.5 Å². The Balaban J connectivity index is 1.26. The minimum Gasteiger partial charge on any atom is -0.508 e. The molecule has 6 rings (SSSR count). The molecule has 14 N–H and O–H groups in total. The number of phenolic OH excluding ortho intramolecular Hbond substituents is 1.